The molecule has 16 heavy (non-hydrogen) atoms. The minimum atomic E-state index is 0.598. The van der Waals surface area contributed by atoms with Gasteiger partial charge in [-0.2, -0.15) is 0 Å². The van der Waals surface area contributed by atoms with Gasteiger partial charge in [-0.1, -0.05) is 45.7 Å². The molecule has 1 aromatic rings. The maximum absolute atomic E-state index is 5.65. The summed E-state index contributed by atoms with van der Waals surface area (Å²) in [5.41, 5.74) is 0. The van der Waals surface area contributed by atoms with Gasteiger partial charge in [-0.05, 0) is 43.0 Å². The number of ether oxygens (including phenoxy) is 1. The summed E-state index contributed by atoms with van der Waals surface area (Å²) in [6, 6.07) is 7.96. The van der Waals surface area contributed by atoms with E-state index in [1.54, 1.807) is 0 Å². The van der Waals surface area contributed by atoms with Crippen LogP contribution < -0.4 is 4.74 Å². The molecule has 1 aromatic carbocycles. The maximum Gasteiger partial charge on any atom is 0.119 e. The van der Waals surface area contributed by atoms with Crippen molar-refractivity contribution >= 4 is 31.9 Å². The molecule has 0 saturated carbocycles. The van der Waals surface area contributed by atoms with Crippen molar-refractivity contribution < 1.29 is 4.74 Å². The Morgan fingerprint density at radius 3 is 2.38 bits per heavy atom. The van der Waals surface area contributed by atoms with Crippen LogP contribution in [0.1, 0.15) is 26.7 Å². The predicted octanol–water partition coefficient (Wildman–Crippen LogP) is 5.03. The first-order valence-corrected chi connectivity index (χ1v) is 7.33. The lowest BCUT2D eigenvalue weighted by Crippen LogP contribution is -2.09. The topological polar surface area (TPSA) is 9.23 Å². The van der Waals surface area contributed by atoms with Gasteiger partial charge in [-0.3, -0.25) is 0 Å². The molecular formula is C13H18Br2O. The van der Waals surface area contributed by atoms with Gasteiger partial charge in [0.05, 0.1) is 6.61 Å². The maximum atomic E-state index is 5.65. The van der Waals surface area contributed by atoms with Gasteiger partial charge in [0.2, 0.25) is 0 Å². The van der Waals surface area contributed by atoms with Crippen molar-refractivity contribution in [3.63, 3.8) is 0 Å². The highest BCUT2D eigenvalue weighted by atomic mass is 79.9. The summed E-state index contributed by atoms with van der Waals surface area (Å²) in [6.45, 7) is 5.25. The quantitative estimate of drug-likeness (QED) is 0.517. The Balaban J connectivity index is 2.18. The second kappa shape index (κ2) is 7.33. The lowest BCUT2D eigenvalue weighted by molar-refractivity contribution is 0.303. The Hall–Kier alpha value is -0.0200. The molecule has 1 rings (SSSR count). The van der Waals surface area contributed by atoms with E-state index >= 15 is 0 Å². The first-order chi connectivity index (χ1) is 7.59. The van der Waals surface area contributed by atoms with E-state index in [1.807, 2.05) is 24.3 Å². The highest BCUT2D eigenvalue weighted by Gasteiger charge is 2.08. The normalized spacial score (nSPS) is 12.8. The Labute approximate surface area is 115 Å². The average Bonchev–Trinajstić information content (AvgIpc) is 2.26. The molecule has 0 N–H and O–H groups in total. The molecule has 0 aromatic heterocycles. The third-order valence-corrected chi connectivity index (χ3v) is 4.47. The van der Waals surface area contributed by atoms with Gasteiger partial charge >= 0.3 is 0 Å². The van der Waals surface area contributed by atoms with Crippen LogP contribution in [0.4, 0.5) is 0 Å². The standard InChI is InChI=1S/C13H18Br2O/c1-10(2)13(15)4-3-9-16-12-7-5-11(14)6-8-12/h5-8,10,13H,3-4,9H2,1-2H3. The molecule has 0 spiro atoms. The number of halogens is 2. The minimum Gasteiger partial charge on any atom is -0.494 e. The molecule has 0 radical (unpaired) electrons. The fraction of sp³-hybridized carbons (Fsp3) is 0.538. The van der Waals surface area contributed by atoms with E-state index in [0.29, 0.717) is 10.7 Å². The van der Waals surface area contributed by atoms with Gasteiger partial charge in [-0.25, -0.2) is 0 Å². The predicted molar refractivity (Wildman–Crippen MR) is 76.4 cm³/mol. The molecule has 1 nitrogen and oxygen atoms in total. The summed E-state index contributed by atoms with van der Waals surface area (Å²) in [7, 11) is 0. The van der Waals surface area contributed by atoms with Crippen molar-refractivity contribution in [1.29, 1.82) is 0 Å². The van der Waals surface area contributed by atoms with Crippen molar-refractivity contribution in [2.45, 2.75) is 31.5 Å². The van der Waals surface area contributed by atoms with Crippen LogP contribution in [-0.2, 0) is 0 Å². The van der Waals surface area contributed by atoms with E-state index in [2.05, 4.69) is 45.7 Å². The zero-order chi connectivity index (χ0) is 12.0. The number of benzene rings is 1. The molecule has 1 atom stereocenters. The largest absolute Gasteiger partial charge is 0.494 e. The van der Waals surface area contributed by atoms with Crippen LogP contribution in [-0.4, -0.2) is 11.4 Å². The Bertz CT molecular complexity index is 295. The highest BCUT2D eigenvalue weighted by Crippen LogP contribution is 2.19. The molecule has 3 heteroatoms. The number of alkyl halides is 1. The summed E-state index contributed by atoms with van der Waals surface area (Å²) >= 11 is 7.08. The van der Waals surface area contributed by atoms with Crippen LogP contribution in [0.2, 0.25) is 0 Å². The second-order valence-electron chi connectivity index (χ2n) is 4.20. The molecule has 1 unspecified atom stereocenters. The highest BCUT2D eigenvalue weighted by molar-refractivity contribution is 9.10. The van der Waals surface area contributed by atoms with Gasteiger partial charge in [0.1, 0.15) is 5.75 Å². The van der Waals surface area contributed by atoms with Crippen molar-refractivity contribution in [1.82, 2.24) is 0 Å². The van der Waals surface area contributed by atoms with Gasteiger partial charge in [0, 0.05) is 9.30 Å². The van der Waals surface area contributed by atoms with E-state index < -0.39 is 0 Å². The number of hydrogen-bond donors (Lipinski definition) is 0. The van der Waals surface area contributed by atoms with E-state index in [-0.39, 0.29) is 0 Å². The second-order valence-corrected chi connectivity index (χ2v) is 6.30. The smallest absolute Gasteiger partial charge is 0.119 e. The third-order valence-electron chi connectivity index (χ3n) is 2.43. The minimum absolute atomic E-state index is 0.598. The molecule has 90 valence electrons. The summed E-state index contributed by atoms with van der Waals surface area (Å²) in [5, 5.41) is 0. The van der Waals surface area contributed by atoms with Crippen molar-refractivity contribution in [3.8, 4) is 5.75 Å². The molecule has 0 heterocycles. The van der Waals surface area contributed by atoms with Crippen LogP contribution in [0.3, 0.4) is 0 Å². The summed E-state index contributed by atoms with van der Waals surface area (Å²) in [5.74, 6) is 1.63. The fourth-order valence-corrected chi connectivity index (χ4v) is 1.92. The summed E-state index contributed by atoms with van der Waals surface area (Å²) in [6.07, 6.45) is 2.25. The summed E-state index contributed by atoms with van der Waals surface area (Å²) < 4.78 is 6.73. The molecule has 0 saturated heterocycles. The first-order valence-electron chi connectivity index (χ1n) is 5.62. The summed E-state index contributed by atoms with van der Waals surface area (Å²) in [4.78, 5) is 0.598. The SMILES string of the molecule is CC(C)C(Br)CCCOc1ccc(Br)cc1. The monoisotopic (exact) mass is 348 g/mol. The van der Waals surface area contributed by atoms with Crippen LogP contribution >= 0.6 is 31.9 Å². The molecule has 0 aliphatic carbocycles. The van der Waals surface area contributed by atoms with Gasteiger partial charge < -0.3 is 4.74 Å². The molecular weight excluding hydrogens is 332 g/mol. The Kier molecular flexibility index (Phi) is 6.44. The van der Waals surface area contributed by atoms with Gasteiger partial charge in [-0.15, -0.1) is 0 Å². The van der Waals surface area contributed by atoms with Gasteiger partial charge in [0.25, 0.3) is 0 Å². The Morgan fingerprint density at radius 2 is 1.81 bits per heavy atom. The Morgan fingerprint density at radius 1 is 1.19 bits per heavy atom. The van der Waals surface area contributed by atoms with Crippen LogP contribution in [0, 0.1) is 5.92 Å². The van der Waals surface area contributed by atoms with Crippen LogP contribution in [0.5, 0.6) is 5.75 Å². The van der Waals surface area contributed by atoms with Crippen molar-refractivity contribution in [2.24, 2.45) is 5.92 Å². The first kappa shape index (κ1) is 14.0. The third kappa shape index (κ3) is 5.35. The van der Waals surface area contributed by atoms with Crippen LogP contribution in [0.15, 0.2) is 28.7 Å². The van der Waals surface area contributed by atoms with Crippen molar-refractivity contribution in [2.75, 3.05) is 6.61 Å². The lowest BCUT2D eigenvalue weighted by Gasteiger charge is -2.13. The van der Waals surface area contributed by atoms with E-state index in [1.165, 1.54) is 0 Å². The zero-order valence-corrected chi connectivity index (χ0v) is 12.9. The molecule has 0 aliphatic heterocycles. The lowest BCUT2D eigenvalue weighted by atomic mass is 10.1. The van der Waals surface area contributed by atoms with Gasteiger partial charge in [0.15, 0.2) is 0 Å². The average molecular weight is 350 g/mol. The van der Waals surface area contributed by atoms with Crippen molar-refractivity contribution in [3.05, 3.63) is 28.7 Å². The van der Waals surface area contributed by atoms with E-state index in [4.69, 9.17) is 4.74 Å². The number of hydrogen-bond acceptors (Lipinski definition) is 1. The molecule has 0 amide bonds. The fourth-order valence-electron chi connectivity index (χ4n) is 1.33. The van der Waals surface area contributed by atoms with E-state index in [0.717, 1.165) is 29.7 Å². The number of rotatable bonds is 6. The zero-order valence-electron chi connectivity index (χ0n) is 9.75. The molecule has 0 fully saturated rings. The molecule has 0 bridgehead atoms. The molecule has 0 aliphatic rings. The van der Waals surface area contributed by atoms with Crippen LogP contribution in [0.25, 0.3) is 0 Å². The van der Waals surface area contributed by atoms with E-state index in [9.17, 15) is 0 Å².